The molecule has 8 nitrogen and oxygen atoms in total. The van der Waals surface area contributed by atoms with Crippen LogP contribution < -0.4 is 11.0 Å². The van der Waals surface area contributed by atoms with Crippen LogP contribution in [-0.4, -0.2) is 45.0 Å². The number of nitrogens with one attached hydrogen (secondary N) is 1. The van der Waals surface area contributed by atoms with Gasteiger partial charge < -0.3 is 19.9 Å². The summed E-state index contributed by atoms with van der Waals surface area (Å²) in [6.45, 7) is 1.65. The molecule has 2 bridgehead atoms. The Bertz CT molecular complexity index is 934. The van der Waals surface area contributed by atoms with Gasteiger partial charge >= 0.3 is 5.69 Å². The van der Waals surface area contributed by atoms with Gasteiger partial charge in [0.05, 0.1) is 6.61 Å². The van der Waals surface area contributed by atoms with E-state index < -0.39 is 29.7 Å². The molecule has 136 valence electrons. The molecule has 1 amide bonds. The molecule has 4 rings (SSSR count). The van der Waals surface area contributed by atoms with Gasteiger partial charge in [-0.05, 0) is 26.0 Å². The van der Waals surface area contributed by atoms with E-state index in [1.165, 1.54) is 10.8 Å². The van der Waals surface area contributed by atoms with Gasteiger partial charge in [-0.1, -0.05) is 18.2 Å². The van der Waals surface area contributed by atoms with E-state index in [4.69, 9.17) is 10.8 Å². The fraction of sp³-hybridized carbons (Fsp3) is 0.389. The minimum Gasteiger partial charge on any atom is -0.387 e. The van der Waals surface area contributed by atoms with Crippen LogP contribution in [-0.2, 0) is 9.47 Å². The third kappa shape index (κ3) is 2.63. The number of carbonyl (C=O) groups is 1. The van der Waals surface area contributed by atoms with Crippen LogP contribution in [0.5, 0.6) is 0 Å². The van der Waals surface area contributed by atoms with Crippen LogP contribution in [0, 0.1) is 6.92 Å². The van der Waals surface area contributed by atoms with E-state index in [-0.39, 0.29) is 25.2 Å². The highest BCUT2D eigenvalue weighted by molar-refractivity contribution is 6.03. The van der Waals surface area contributed by atoms with Crippen molar-refractivity contribution in [2.45, 2.75) is 37.9 Å². The second kappa shape index (κ2) is 6.01. The number of carbonyl (C=O) groups excluding carboxylic acids is 1. The number of benzene rings is 1. The summed E-state index contributed by atoms with van der Waals surface area (Å²) in [6, 6.07) is 8.61. The molecule has 0 radical (unpaired) electrons. The number of aromatic nitrogens is 2. The van der Waals surface area contributed by atoms with Crippen LogP contribution in [0.2, 0.25) is 0 Å². The molecule has 0 spiro atoms. The monoisotopic (exact) mass is 358 g/mol. The minimum absolute atomic E-state index is 0.116. The number of aliphatic hydroxyl groups is 1. The first-order valence-corrected chi connectivity index (χ1v) is 8.18. The van der Waals surface area contributed by atoms with Gasteiger partial charge in [-0.15, -0.1) is 0 Å². The number of anilines is 1. The SMILES string of the molecule is [2H]C[C@@]12CO[C@@H]([C@H](n3cc(C)c(NC(=O)c4ccccc4)nc3=O)O1)[C@@H]2O. The first-order valence-electron chi connectivity index (χ1n) is 8.89. The van der Waals surface area contributed by atoms with Crippen LogP contribution >= 0.6 is 0 Å². The molecule has 2 aromatic rings. The number of amides is 1. The highest BCUT2D eigenvalue weighted by Crippen LogP contribution is 2.44. The number of nitrogens with zero attached hydrogens (tertiary/aromatic N) is 2. The third-order valence-electron chi connectivity index (χ3n) is 4.68. The molecular weight excluding hydrogens is 338 g/mol. The maximum atomic E-state index is 12.5. The second-order valence-electron chi connectivity index (χ2n) is 6.58. The molecule has 3 heterocycles. The van der Waals surface area contributed by atoms with E-state index in [1.807, 2.05) is 0 Å². The first kappa shape index (κ1) is 15.7. The molecule has 2 N–H and O–H groups in total. The molecule has 2 aliphatic heterocycles. The van der Waals surface area contributed by atoms with Crippen LogP contribution in [0.3, 0.4) is 0 Å². The molecule has 0 aliphatic carbocycles. The van der Waals surface area contributed by atoms with Gasteiger partial charge in [0.15, 0.2) is 6.23 Å². The fourth-order valence-electron chi connectivity index (χ4n) is 3.22. The zero-order valence-corrected chi connectivity index (χ0v) is 14.1. The van der Waals surface area contributed by atoms with Gasteiger partial charge in [-0.2, -0.15) is 4.98 Å². The minimum atomic E-state index is -1.12. The summed E-state index contributed by atoms with van der Waals surface area (Å²) in [5, 5.41) is 12.9. The summed E-state index contributed by atoms with van der Waals surface area (Å²) in [6.07, 6.45) is -1.07. The van der Waals surface area contributed by atoms with Crippen molar-refractivity contribution < 1.29 is 20.7 Å². The number of aryl methyl sites for hydroxylation is 1. The Morgan fingerprint density at radius 1 is 1.46 bits per heavy atom. The highest BCUT2D eigenvalue weighted by Gasteiger charge is 2.59. The van der Waals surface area contributed by atoms with Crippen LogP contribution in [0.25, 0.3) is 0 Å². The molecule has 4 atom stereocenters. The largest absolute Gasteiger partial charge is 0.387 e. The van der Waals surface area contributed by atoms with E-state index in [1.54, 1.807) is 37.3 Å². The number of hydrogen-bond acceptors (Lipinski definition) is 6. The predicted molar refractivity (Wildman–Crippen MR) is 91.9 cm³/mol. The third-order valence-corrected chi connectivity index (χ3v) is 4.68. The highest BCUT2D eigenvalue weighted by atomic mass is 16.6. The maximum Gasteiger partial charge on any atom is 0.351 e. The molecule has 2 saturated heterocycles. The van der Waals surface area contributed by atoms with Crippen molar-refractivity contribution in [1.82, 2.24) is 9.55 Å². The summed E-state index contributed by atoms with van der Waals surface area (Å²) in [7, 11) is 0. The average Bonchev–Trinajstić information content (AvgIpc) is 3.15. The molecule has 2 aliphatic rings. The Kier molecular flexibility index (Phi) is 3.63. The summed E-state index contributed by atoms with van der Waals surface area (Å²) in [5.41, 5.74) is -0.756. The molecule has 1 aromatic carbocycles. The topological polar surface area (TPSA) is 103 Å². The summed E-state index contributed by atoms with van der Waals surface area (Å²) >= 11 is 0. The van der Waals surface area contributed by atoms with Gasteiger partial charge in [-0.25, -0.2) is 4.79 Å². The first-order chi connectivity index (χ1) is 12.9. The molecule has 2 fully saturated rings. The Labute approximate surface area is 150 Å². The lowest BCUT2D eigenvalue weighted by Crippen LogP contribution is -2.38. The van der Waals surface area contributed by atoms with E-state index in [9.17, 15) is 14.7 Å². The van der Waals surface area contributed by atoms with Crippen molar-refractivity contribution in [2.24, 2.45) is 0 Å². The van der Waals surface area contributed by atoms with Crippen molar-refractivity contribution in [2.75, 3.05) is 11.9 Å². The number of aliphatic hydroxyl groups excluding tert-OH is 1. The molecule has 0 saturated carbocycles. The number of ether oxygens (including phenoxy) is 2. The lowest BCUT2D eigenvalue weighted by molar-refractivity contribution is -0.167. The second-order valence-corrected chi connectivity index (χ2v) is 6.58. The van der Waals surface area contributed by atoms with Crippen molar-refractivity contribution in [1.29, 1.82) is 0 Å². The van der Waals surface area contributed by atoms with Crippen LogP contribution in [0.1, 0.15) is 30.4 Å². The van der Waals surface area contributed by atoms with Crippen molar-refractivity contribution in [3.8, 4) is 0 Å². The number of rotatable bonds is 3. The average molecular weight is 358 g/mol. The van der Waals surface area contributed by atoms with Crippen molar-refractivity contribution in [3.63, 3.8) is 0 Å². The zero-order valence-electron chi connectivity index (χ0n) is 15.1. The van der Waals surface area contributed by atoms with E-state index in [2.05, 4.69) is 10.3 Å². The van der Waals surface area contributed by atoms with Crippen LogP contribution in [0.4, 0.5) is 5.82 Å². The van der Waals surface area contributed by atoms with E-state index in [0.29, 0.717) is 11.1 Å². The molecule has 1 aromatic heterocycles. The Morgan fingerprint density at radius 3 is 2.92 bits per heavy atom. The fourth-order valence-corrected chi connectivity index (χ4v) is 3.22. The van der Waals surface area contributed by atoms with Gasteiger partial charge in [0.25, 0.3) is 5.91 Å². The predicted octanol–water partition coefficient (Wildman–Crippen LogP) is 0.851. The summed E-state index contributed by atoms with van der Waals surface area (Å²) in [5.74, 6) is -0.212. The standard InChI is InChI=1S/C18H19N3O5/c1-10-8-21(16-12-13(22)18(2,26-16)9-25-12)17(24)20-14(10)19-15(23)11-6-4-3-5-7-11/h3-8,12-13,16,22H,9H2,1-2H3,(H,19,20,23,24)/t12-,13+,16-,18+/m1/s1/i2D. The Morgan fingerprint density at radius 2 is 2.23 bits per heavy atom. The van der Waals surface area contributed by atoms with Gasteiger partial charge in [0.1, 0.15) is 23.6 Å². The van der Waals surface area contributed by atoms with Crippen molar-refractivity contribution in [3.05, 3.63) is 58.1 Å². The molecule has 0 unspecified atom stereocenters. The van der Waals surface area contributed by atoms with Gasteiger partial charge in [-0.3, -0.25) is 9.36 Å². The lowest BCUT2D eigenvalue weighted by Gasteiger charge is -2.28. The summed E-state index contributed by atoms with van der Waals surface area (Å²) < 4.78 is 20.2. The molecular formula is C18H19N3O5. The number of hydrogen-bond donors (Lipinski definition) is 2. The van der Waals surface area contributed by atoms with Crippen molar-refractivity contribution >= 4 is 11.7 Å². The maximum absolute atomic E-state index is 12.5. The summed E-state index contributed by atoms with van der Waals surface area (Å²) in [4.78, 5) is 28.7. The normalized spacial score (nSPS) is 30.2. The molecule has 8 heteroatoms. The van der Waals surface area contributed by atoms with Gasteiger partial charge in [0.2, 0.25) is 0 Å². The lowest BCUT2D eigenvalue weighted by atomic mass is 10.0. The van der Waals surface area contributed by atoms with E-state index >= 15 is 0 Å². The van der Waals surface area contributed by atoms with E-state index in [0.717, 1.165) is 0 Å². The smallest absolute Gasteiger partial charge is 0.351 e. The quantitative estimate of drug-likeness (QED) is 0.843. The Balaban J connectivity index is 1.60. The Hall–Kier alpha value is -2.55. The van der Waals surface area contributed by atoms with Crippen LogP contribution in [0.15, 0.2) is 41.3 Å². The number of fused-ring (bicyclic) bond motifs is 2. The van der Waals surface area contributed by atoms with Gasteiger partial charge in [0, 0.05) is 18.7 Å². The molecule has 26 heavy (non-hydrogen) atoms. The zero-order chi connectivity index (χ0) is 19.2.